The van der Waals surface area contributed by atoms with Gasteiger partial charge in [-0.2, -0.15) is 0 Å². The summed E-state index contributed by atoms with van der Waals surface area (Å²) in [5.74, 6) is 0.802. The molecular formula is C14H17ClFN3. The minimum atomic E-state index is -0.450. The average molecular weight is 282 g/mol. The maximum Gasteiger partial charge on any atom is 0.201 e. The van der Waals surface area contributed by atoms with Crippen molar-refractivity contribution in [3.63, 3.8) is 0 Å². The predicted octanol–water partition coefficient (Wildman–Crippen LogP) is 4.16. The Morgan fingerprint density at radius 2 is 2.26 bits per heavy atom. The number of nitrogens with two attached hydrogens (primary N) is 1. The van der Waals surface area contributed by atoms with Crippen molar-refractivity contribution in [3.05, 3.63) is 23.0 Å². The van der Waals surface area contributed by atoms with Crippen LogP contribution in [0.2, 0.25) is 5.02 Å². The first-order valence-corrected chi connectivity index (χ1v) is 7.10. The second kappa shape index (κ2) is 4.67. The molecule has 1 aliphatic rings. The molecule has 3 nitrogen and oxygen atoms in total. The van der Waals surface area contributed by atoms with Gasteiger partial charge >= 0.3 is 0 Å². The lowest BCUT2D eigenvalue weighted by Crippen LogP contribution is -2.12. The Morgan fingerprint density at radius 1 is 1.53 bits per heavy atom. The van der Waals surface area contributed by atoms with Crippen molar-refractivity contribution < 1.29 is 4.39 Å². The zero-order valence-corrected chi connectivity index (χ0v) is 11.6. The molecule has 5 heteroatoms. The molecule has 1 aromatic heterocycles. The molecule has 3 rings (SSSR count). The number of benzene rings is 1. The number of fused-ring (bicyclic) bond motifs is 1. The third kappa shape index (κ3) is 2.29. The number of halogens is 2. The van der Waals surface area contributed by atoms with Crippen LogP contribution in [0.3, 0.4) is 0 Å². The SMILES string of the molecule is CCC(CC1CC1)n1c(N)nc2cc(F)c(Cl)cc21. The van der Waals surface area contributed by atoms with Crippen LogP contribution in [0.25, 0.3) is 11.0 Å². The number of nitrogens with zero attached hydrogens (tertiary/aromatic N) is 2. The van der Waals surface area contributed by atoms with E-state index in [1.165, 1.54) is 18.9 Å². The second-order valence-corrected chi connectivity index (χ2v) is 5.74. The van der Waals surface area contributed by atoms with Crippen molar-refractivity contribution >= 4 is 28.6 Å². The van der Waals surface area contributed by atoms with Gasteiger partial charge < -0.3 is 10.3 Å². The van der Waals surface area contributed by atoms with Gasteiger partial charge in [-0.3, -0.25) is 0 Å². The van der Waals surface area contributed by atoms with Crippen LogP contribution in [-0.2, 0) is 0 Å². The predicted molar refractivity (Wildman–Crippen MR) is 75.8 cm³/mol. The van der Waals surface area contributed by atoms with E-state index in [-0.39, 0.29) is 5.02 Å². The Kier molecular flexibility index (Phi) is 3.13. The average Bonchev–Trinajstić information content (AvgIpc) is 3.13. The van der Waals surface area contributed by atoms with E-state index in [1.54, 1.807) is 6.07 Å². The lowest BCUT2D eigenvalue weighted by Gasteiger charge is -2.19. The zero-order chi connectivity index (χ0) is 13.6. The number of nitrogen functional groups attached to an aromatic ring is 1. The summed E-state index contributed by atoms with van der Waals surface area (Å²) >= 11 is 5.88. The monoisotopic (exact) mass is 281 g/mol. The normalized spacial score (nSPS) is 17.0. The fraction of sp³-hybridized carbons (Fsp3) is 0.500. The van der Waals surface area contributed by atoms with Gasteiger partial charge in [-0.15, -0.1) is 0 Å². The Balaban J connectivity index is 2.09. The molecule has 0 amide bonds. The third-order valence-corrected chi connectivity index (χ3v) is 4.19. The Morgan fingerprint density at radius 3 is 2.89 bits per heavy atom. The molecule has 0 bridgehead atoms. The molecule has 1 saturated carbocycles. The molecule has 1 unspecified atom stereocenters. The van der Waals surface area contributed by atoms with E-state index in [4.69, 9.17) is 17.3 Å². The summed E-state index contributed by atoms with van der Waals surface area (Å²) in [6.07, 6.45) is 4.71. The summed E-state index contributed by atoms with van der Waals surface area (Å²) < 4.78 is 15.5. The van der Waals surface area contributed by atoms with Gasteiger partial charge in [0, 0.05) is 12.1 Å². The molecule has 2 N–H and O–H groups in total. The number of anilines is 1. The molecular weight excluding hydrogens is 265 g/mol. The van der Waals surface area contributed by atoms with E-state index in [0.717, 1.165) is 24.3 Å². The summed E-state index contributed by atoms with van der Waals surface area (Å²) in [7, 11) is 0. The number of aromatic nitrogens is 2. The third-order valence-electron chi connectivity index (χ3n) is 3.90. The van der Waals surface area contributed by atoms with Crippen LogP contribution in [0.1, 0.15) is 38.6 Å². The van der Waals surface area contributed by atoms with Crippen LogP contribution < -0.4 is 5.73 Å². The lowest BCUT2D eigenvalue weighted by molar-refractivity contribution is 0.442. The molecule has 2 aromatic rings. The number of imidazole rings is 1. The van der Waals surface area contributed by atoms with Gasteiger partial charge in [-0.05, 0) is 24.8 Å². The van der Waals surface area contributed by atoms with Crippen LogP contribution in [-0.4, -0.2) is 9.55 Å². The van der Waals surface area contributed by atoms with Crippen molar-refractivity contribution in [2.45, 2.75) is 38.6 Å². The molecule has 1 fully saturated rings. The maximum atomic E-state index is 13.5. The van der Waals surface area contributed by atoms with Crippen molar-refractivity contribution in [2.24, 2.45) is 5.92 Å². The summed E-state index contributed by atoms with van der Waals surface area (Å²) in [6, 6.07) is 3.30. The highest BCUT2D eigenvalue weighted by atomic mass is 35.5. The van der Waals surface area contributed by atoms with E-state index in [1.807, 2.05) is 4.57 Å². The Labute approximate surface area is 116 Å². The van der Waals surface area contributed by atoms with Crippen molar-refractivity contribution in [1.29, 1.82) is 0 Å². The van der Waals surface area contributed by atoms with Gasteiger partial charge in [0.1, 0.15) is 5.82 Å². The van der Waals surface area contributed by atoms with Crippen LogP contribution in [0.5, 0.6) is 0 Å². The minimum absolute atomic E-state index is 0.120. The fourth-order valence-corrected chi connectivity index (χ4v) is 2.84. The molecule has 0 radical (unpaired) electrons. The molecule has 0 spiro atoms. The highest BCUT2D eigenvalue weighted by Crippen LogP contribution is 2.40. The largest absolute Gasteiger partial charge is 0.369 e. The second-order valence-electron chi connectivity index (χ2n) is 5.34. The van der Waals surface area contributed by atoms with Crippen molar-refractivity contribution in [2.75, 3.05) is 5.73 Å². The molecule has 1 atom stereocenters. The van der Waals surface area contributed by atoms with Crippen LogP contribution in [0.4, 0.5) is 10.3 Å². The molecule has 1 aliphatic carbocycles. The van der Waals surface area contributed by atoms with Crippen LogP contribution in [0, 0.1) is 11.7 Å². The number of hydrogen-bond acceptors (Lipinski definition) is 2. The smallest absolute Gasteiger partial charge is 0.201 e. The Hall–Kier alpha value is -1.29. The number of hydrogen-bond donors (Lipinski definition) is 1. The van der Waals surface area contributed by atoms with E-state index in [0.29, 0.717) is 17.5 Å². The van der Waals surface area contributed by atoms with E-state index < -0.39 is 5.82 Å². The molecule has 0 aliphatic heterocycles. The summed E-state index contributed by atoms with van der Waals surface area (Å²) in [5, 5.41) is 0.120. The first-order chi connectivity index (χ1) is 9.10. The van der Waals surface area contributed by atoms with Crippen molar-refractivity contribution in [1.82, 2.24) is 9.55 Å². The van der Waals surface area contributed by atoms with E-state index in [9.17, 15) is 4.39 Å². The number of rotatable bonds is 4. The first kappa shape index (κ1) is 12.7. The van der Waals surface area contributed by atoms with Gasteiger partial charge in [0.05, 0.1) is 16.1 Å². The molecule has 102 valence electrons. The summed E-state index contributed by atoms with van der Waals surface area (Å²) in [6.45, 7) is 2.14. The molecule has 1 heterocycles. The van der Waals surface area contributed by atoms with Gasteiger partial charge in [0.2, 0.25) is 5.95 Å². The van der Waals surface area contributed by atoms with Gasteiger partial charge in [-0.1, -0.05) is 31.4 Å². The van der Waals surface area contributed by atoms with Gasteiger partial charge in [-0.25, -0.2) is 9.37 Å². The van der Waals surface area contributed by atoms with Gasteiger partial charge in [0.15, 0.2) is 0 Å². The lowest BCUT2D eigenvalue weighted by atomic mass is 10.1. The Bertz CT molecular complexity index is 619. The summed E-state index contributed by atoms with van der Waals surface area (Å²) in [4.78, 5) is 4.25. The highest BCUT2D eigenvalue weighted by molar-refractivity contribution is 6.31. The first-order valence-electron chi connectivity index (χ1n) is 6.72. The van der Waals surface area contributed by atoms with Crippen LogP contribution >= 0.6 is 11.6 Å². The van der Waals surface area contributed by atoms with Crippen LogP contribution in [0.15, 0.2) is 12.1 Å². The van der Waals surface area contributed by atoms with Gasteiger partial charge in [0.25, 0.3) is 0 Å². The van der Waals surface area contributed by atoms with E-state index in [2.05, 4.69) is 11.9 Å². The molecule has 19 heavy (non-hydrogen) atoms. The molecule has 1 aromatic carbocycles. The quantitative estimate of drug-likeness (QED) is 0.914. The zero-order valence-electron chi connectivity index (χ0n) is 10.9. The summed E-state index contributed by atoms with van der Waals surface area (Å²) in [5.41, 5.74) is 7.42. The molecule has 0 saturated heterocycles. The highest BCUT2D eigenvalue weighted by Gasteiger charge is 2.27. The minimum Gasteiger partial charge on any atom is -0.369 e. The standard InChI is InChI=1S/C14H17ClFN3/c1-2-9(5-8-3-4-8)19-13-6-10(15)11(16)7-12(13)18-14(19)17/h6-9H,2-5H2,1H3,(H2,17,18). The topological polar surface area (TPSA) is 43.8 Å². The fourth-order valence-electron chi connectivity index (χ4n) is 2.69. The maximum absolute atomic E-state index is 13.5. The van der Waals surface area contributed by atoms with Crippen molar-refractivity contribution in [3.8, 4) is 0 Å². The van der Waals surface area contributed by atoms with E-state index >= 15 is 0 Å².